The summed E-state index contributed by atoms with van der Waals surface area (Å²) in [5, 5.41) is 6.40. The number of aryl methyl sites for hydroxylation is 1. The number of hydrogen-bond donors (Lipinski definition) is 1. The second-order valence-electron chi connectivity index (χ2n) is 7.60. The highest BCUT2D eigenvalue weighted by Gasteiger charge is 2.25. The third-order valence-electron chi connectivity index (χ3n) is 5.53. The molecule has 0 atom stereocenters. The van der Waals surface area contributed by atoms with E-state index in [1.807, 2.05) is 18.2 Å². The third-order valence-corrected chi connectivity index (χ3v) is 7.59. The average molecular weight is 445 g/mol. The van der Waals surface area contributed by atoms with E-state index in [0.29, 0.717) is 24.2 Å². The van der Waals surface area contributed by atoms with Crippen LogP contribution >= 0.6 is 11.3 Å². The molecule has 0 unspecified atom stereocenters. The molecular weight excluding hydrogens is 420 g/mol. The molecule has 4 rings (SSSR count). The van der Waals surface area contributed by atoms with Crippen LogP contribution in [0.4, 0.5) is 0 Å². The van der Waals surface area contributed by atoms with E-state index in [-0.39, 0.29) is 10.8 Å². The van der Waals surface area contributed by atoms with E-state index < -0.39 is 10.0 Å². The van der Waals surface area contributed by atoms with Gasteiger partial charge in [-0.15, -0.1) is 11.3 Å². The van der Waals surface area contributed by atoms with Crippen LogP contribution in [-0.4, -0.2) is 55.3 Å². The highest BCUT2D eigenvalue weighted by Crippen LogP contribution is 2.24. The molecule has 1 amide bonds. The zero-order valence-electron chi connectivity index (χ0n) is 17.0. The van der Waals surface area contributed by atoms with Crippen molar-refractivity contribution in [1.29, 1.82) is 0 Å². The molecule has 30 heavy (non-hydrogen) atoms. The summed E-state index contributed by atoms with van der Waals surface area (Å²) in [5.74, 6) is -0.164. The SMILES string of the molecule is Cc1cc(C(=O)N2CCN(Cc3nc4ccccc4s3)CC2)cc(S(N)(=O)=O)c1C. The van der Waals surface area contributed by atoms with Crippen molar-refractivity contribution in [1.82, 2.24) is 14.8 Å². The minimum absolute atomic E-state index is 0.0142. The number of piperazine rings is 1. The lowest BCUT2D eigenvalue weighted by Crippen LogP contribution is -2.48. The van der Waals surface area contributed by atoms with Crippen LogP contribution in [0.15, 0.2) is 41.3 Å². The smallest absolute Gasteiger partial charge is 0.253 e. The average Bonchev–Trinajstić information content (AvgIpc) is 3.11. The topological polar surface area (TPSA) is 96.6 Å². The van der Waals surface area contributed by atoms with Crippen LogP contribution < -0.4 is 5.14 Å². The Labute approximate surface area is 180 Å². The Morgan fingerprint density at radius 3 is 2.50 bits per heavy atom. The summed E-state index contributed by atoms with van der Waals surface area (Å²) in [6, 6.07) is 11.2. The molecule has 3 aromatic rings. The largest absolute Gasteiger partial charge is 0.336 e. The number of fused-ring (bicyclic) bond motifs is 1. The summed E-state index contributed by atoms with van der Waals surface area (Å²) >= 11 is 1.70. The molecule has 1 fully saturated rings. The monoisotopic (exact) mass is 444 g/mol. The van der Waals surface area contributed by atoms with Crippen molar-refractivity contribution in [2.75, 3.05) is 26.2 Å². The maximum atomic E-state index is 13.0. The Kier molecular flexibility index (Phi) is 5.63. The van der Waals surface area contributed by atoms with E-state index in [9.17, 15) is 13.2 Å². The number of thiazole rings is 1. The molecule has 158 valence electrons. The maximum Gasteiger partial charge on any atom is 0.253 e. The molecule has 0 bridgehead atoms. The van der Waals surface area contributed by atoms with Gasteiger partial charge in [0, 0.05) is 31.7 Å². The Morgan fingerprint density at radius 1 is 1.13 bits per heavy atom. The van der Waals surface area contributed by atoms with Crippen LogP contribution in [0.25, 0.3) is 10.2 Å². The molecule has 0 aliphatic carbocycles. The van der Waals surface area contributed by atoms with E-state index in [0.717, 1.165) is 35.7 Å². The quantitative estimate of drug-likeness (QED) is 0.667. The molecule has 1 saturated heterocycles. The van der Waals surface area contributed by atoms with Gasteiger partial charge in [0.05, 0.1) is 21.7 Å². The lowest BCUT2D eigenvalue weighted by Gasteiger charge is -2.34. The van der Waals surface area contributed by atoms with Gasteiger partial charge in [-0.2, -0.15) is 0 Å². The van der Waals surface area contributed by atoms with E-state index in [1.54, 1.807) is 36.2 Å². The van der Waals surface area contributed by atoms with Crippen LogP contribution in [0.3, 0.4) is 0 Å². The zero-order valence-corrected chi connectivity index (χ0v) is 18.6. The molecule has 1 aliphatic heterocycles. The van der Waals surface area contributed by atoms with Crippen molar-refractivity contribution >= 4 is 37.5 Å². The summed E-state index contributed by atoms with van der Waals surface area (Å²) in [6.07, 6.45) is 0. The van der Waals surface area contributed by atoms with Crippen molar-refractivity contribution in [3.63, 3.8) is 0 Å². The second-order valence-corrected chi connectivity index (χ2v) is 10.3. The minimum atomic E-state index is -3.88. The number of nitrogens with two attached hydrogens (primary N) is 1. The Balaban J connectivity index is 1.44. The molecule has 1 aliphatic rings. The predicted molar refractivity (Wildman–Crippen MR) is 118 cm³/mol. The summed E-state index contributed by atoms with van der Waals surface area (Å²) in [4.78, 5) is 21.7. The van der Waals surface area contributed by atoms with Gasteiger partial charge < -0.3 is 4.90 Å². The van der Waals surface area contributed by atoms with Gasteiger partial charge in [0.1, 0.15) is 5.01 Å². The van der Waals surface area contributed by atoms with Gasteiger partial charge in [-0.25, -0.2) is 18.5 Å². The first-order valence-corrected chi connectivity index (χ1v) is 12.1. The summed E-state index contributed by atoms with van der Waals surface area (Å²) in [7, 11) is -3.88. The molecule has 0 saturated carbocycles. The van der Waals surface area contributed by atoms with Gasteiger partial charge in [-0.05, 0) is 49.2 Å². The van der Waals surface area contributed by atoms with E-state index in [2.05, 4.69) is 16.0 Å². The zero-order chi connectivity index (χ0) is 21.5. The van der Waals surface area contributed by atoms with Crippen molar-refractivity contribution in [3.05, 3.63) is 58.1 Å². The molecular formula is C21H24N4O3S2. The number of carbonyl (C=O) groups excluding carboxylic acids is 1. The number of primary sulfonamides is 1. The number of rotatable bonds is 4. The minimum Gasteiger partial charge on any atom is -0.336 e. The number of para-hydroxylation sites is 1. The molecule has 7 nitrogen and oxygen atoms in total. The third kappa shape index (κ3) is 4.24. The standard InChI is InChI=1S/C21H24N4O3S2/c1-14-11-16(12-19(15(14)2)30(22,27)28)21(26)25-9-7-24(8-10-25)13-20-23-17-5-3-4-6-18(17)29-20/h3-6,11-12H,7-10,13H2,1-2H3,(H2,22,27,28). The van der Waals surface area contributed by atoms with Crippen LogP contribution in [0.1, 0.15) is 26.5 Å². The second kappa shape index (κ2) is 8.07. The van der Waals surface area contributed by atoms with E-state index in [4.69, 9.17) is 5.14 Å². The summed E-state index contributed by atoms with van der Waals surface area (Å²) in [6.45, 7) is 6.91. The molecule has 2 N–H and O–H groups in total. The molecule has 0 spiro atoms. The van der Waals surface area contributed by atoms with Crippen LogP contribution in [-0.2, 0) is 16.6 Å². The summed E-state index contributed by atoms with van der Waals surface area (Å²) in [5.41, 5.74) is 2.70. The highest BCUT2D eigenvalue weighted by molar-refractivity contribution is 7.89. The normalized spacial score (nSPS) is 15.6. The number of carbonyl (C=O) groups is 1. The number of benzene rings is 2. The van der Waals surface area contributed by atoms with Gasteiger partial charge in [0.2, 0.25) is 10.0 Å². The number of hydrogen-bond acceptors (Lipinski definition) is 6. The predicted octanol–water partition coefficient (Wildman–Crippen LogP) is 2.52. The van der Waals surface area contributed by atoms with Gasteiger partial charge in [0.25, 0.3) is 5.91 Å². The first-order chi connectivity index (χ1) is 14.2. The van der Waals surface area contributed by atoms with E-state index >= 15 is 0 Å². The van der Waals surface area contributed by atoms with Gasteiger partial charge in [0.15, 0.2) is 0 Å². The number of sulfonamides is 1. The fraction of sp³-hybridized carbons (Fsp3) is 0.333. The van der Waals surface area contributed by atoms with Crippen LogP contribution in [0.2, 0.25) is 0 Å². The van der Waals surface area contributed by atoms with Crippen LogP contribution in [0, 0.1) is 13.8 Å². The van der Waals surface area contributed by atoms with Crippen molar-refractivity contribution in [2.24, 2.45) is 5.14 Å². The lowest BCUT2D eigenvalue weighted by atomic mass is 10.0. The van der Waals surface area contributed by atoms with Gasteiger partial charge in [-0.1, -0.05) is 12.1 Å². The molecule has 1 aromatic heterocycles. The highest BCUT2D eigenvalue weighted by atomic mass is 32.2. The number of aromatic nitrogens is 1. The Bertz CT molecular complexity index is 1180. The number of amides is 1. The molecule has 0 radical (unpaired) electrons. The number of nitrogens with zero attached hydrogens (tertiary/aromatic N) is 3. The fourth-order valence-corrected chi connectivity index (χ4v) is 5.61. The van der Waals surface area contributed by atoms with Crippen LogP contribution in [0.5, 0.6) is 0 Å². The first kappa shape index (κ1) is 20.9. The molecule has 2 aromatic carbocycles. The molecule has 2 heterocycles. The van der Waals surface area contributed by atoms with Crippen molar-refractivity contribution < 1.29 is 13.2 Å². The van der Waals surface area contributed by atoms with Gasteiger partial charge >= 0.3 is 0 Å². The van der Waals surface area contributed by atoms with Crippen molar-refractivity contribution in [3.8, 4) is 0 Å². The van der Waals surface area contributed by atoms with Gasteiger partial charge in [-0.3, -0.25) is 9.69 Å². The maximum absolute atomic E-state index is 13.0. The Hall–Kier alpha value is -2.33. The first-order valence-electron chi connectivity index (χ1n) is 9.72. The molecule has 9 heteroatoms. The fourth-order valence-electron chi connectivity index (χ4n) is 3.72. The van der Waals surface area contributed by atoms with Crippen molar-refractivity contribution in [2.45, 2.75) is 25.3 Å². The van der Waals surface area contributed by atoms with E-state index in [1.165, 1.54) is 10.8 Å². The Morgan fingerprint density at radius 2 is 1.83 bits per heavy atom. The summed E-state index contributed by atoms with van der Waals surface area (Å²) < 4.78 is 24.9. The lowest BCUT2D eigenvalue weighted by molar-refractivity contribution is 0.0628.